The van der Waals surface area contributed by atoms with Crippen LogP contribution in [0.5, 0.6) is 0 Å². The average molecular weight is 225 g/mol. The summed E-state index contributed by atoms with van der Waals surface area (Å²) in [5.41, 5.74) is 0. The van der Waals surface area contributed by atoms with Crippen LogP contribution in [-0.4, -0.2) is 20.3 Å². The van der Waals surface area contributed by atoms with E-state index in [1.165, 1.54) is 6.26 Å². The van der Waals surface area contributed by atoms with Crippen LogP contribution in [0.1, 0.15) is 15.0 Å². The maximum absolute atomic E-state index is 11.5. The Balaban J connectivity index is 2.34. The molecule has 0 amide bonds. The number of hydrogen-bond donors (Lipinski definition) is 0. The third kappa shape index (κ3) is 1.29. The van der Waals surface area contributed by atoms with Crippen molar-refractivity contribution in [2.24, 2.45) is 0 Å². The first kappa shape index (κ1) is 7.59. The summed E-state index contributed by atoms with van der Waals surface area (Å²) in [6.45, 7) is 0. The summed E-state index contributed by atoms with van der Waals surface area (Å²) in [5.74, 6) is 0.455. The van der Waals surface area contributed by atoms with E-state index in [-0.39, 0.29) is 20.3 Å². The second-order valence-corrected chi connectivity index (χ2v) is 4.27. The predicted octanol–water partition coefficient (Wildman–Crippen LogP) is 1.57. The molecule has 0 fully saturated rings. The molecule has 0 bridgehead atoms. The van der Waals surface area contributed by atoms with Crippen molar-refractivity contribution < 1.29 is 9.21 Å². The van der Waals surface area contributed by atoms with E-state index in [0.717, 1.165) is 4.44 Å². The van der Waals surface area contributed by atoms with E-state index in [1.54, 1.807) is 12.1 Å². The molecule has 0 unspecified atom stereocenters. The summed E-state index contributed by atoms with van der Waals surface area (Å²) in [4.78, 5) is 13.5. The van der Waals surface area contributed by atoms with Crippen molar-refractivity contribution in [3.63, 3.8) is 0 Å². The van der Waals surface area contributed by atoms with Crippen LogP contribution in [0.15, 0.2) is 39.9 Å². The van der Waals surface area contributed by atoms with Crippen LogP contribution in [0.3, 0.4) is 0 Å². The molecule has 0 spiro atoms. The normalized spacial score (nSPS) is 10.0. The van der Waals surface area contributed by atoms with Crippen LogP contribution in [0, 0.1) is 0 Å². The molecule has 0 saturated carbocycles. The van der Waals surface area contributed by atoms with Gasteiger partial charge in [0.05, 0.1) is 0 Å². The van der Waals surface area contributed by atoms with E-state index in [4.69, 9.17) is 4.42 Å². The van der Waals surface area contributed by atoms with Gasteiger partial charge in [-0.25, -0.2) is 0 Å². The Morgan fingerprint density at radius 3 is 2.83 bits per heavy atom. The molecule has 2 heterocycles. The Morgan fingerprint density at radius 1 is 1.33 bits per heavy atom. The van der Waals surface area contributed by atoms with Crippen LogP contribution in [-0.2, 0) is 0 Å². The summed E-state index contributed by atoms with van der Waals surface area (Å²) in [6, 6.07) is 7.18. The zero-order valence-corrected chi connectivity index (χ0v) is 7.90. The molecule has 0 aliphatic rings. The summed E-state index contributed by atoms with van der Waals surface area (Å²) >= 11 is 0.198. The number of ketones is 1. The number of rotatable bonds is 2. The van der Waals surface area contributed by atoms with E-state index in [2.05, 4.69) is 0 Å². The molecule has 0 aliphatic heterocycles. The Morgan fingerprint density at radius 2 is 2.25 bits per heavy atom. The molecule has 0 radical (unpaired) electrons. The fourth-order valence-corrected chi connectivity index (χ4v) is 2.34. The second-order valence-electron chi connectivity index (χ2n) is 2.28. The van der Waals surface area contributed by atoms with Crippen molar-refractivity contribution in [1.82, 2.24) is 0 Å². The maximum atomic E-state index is 11.5. The molecule has 0 N–H and O–H groups in total. The first-order chi connectivity index (χ1) is 5.88. The van der Waals surface area contributed by atoms with E-state index in [1.807, 2.05) is 17.1 Å². The van der Waals surface area contributed by atoms with Gasteiger partial charge in [0.2, 0.25) is 0 Å². The average Bonchev–Trinajstić information content (AvgIpc) is 2.77. The van der Waals surface area contributed by atoms with Gasteiger partial charge in [0.1, 0.15) is 0 Å². The molecule has 2 rings (SSSR count). The Hall–Kier alpha value is -1.05. The third-order valence-electron chi connectivity index (χ3n) is 1.49. The number of carbonyl (C=O) groups is 1. The van der Waals surface area contributed by atoms with Crippen LogP contribution in [0.2, 0.25) is 0 Å². The molecule has 2 aromatic heterocycles. The molecule has 0 atom stereocenters. The summed E-state index contributed by atoms with van der Waals surface area (Å²) in [5, 5.41) is 0. The van der Waals surface area contributed by atoms with Crippen LogP contribution >= 0.6 is 0 Å². The monoisotopic (exact) mass is 226 g/mol. The fourth-order valence-electron chi connectivity index (χ4n) is 0.937. The standard InChI is InChI=1S/C9H6O2Se/c10-9(7-3-1-5-11-7)8-4-2-6-12-8/h1-6H. The SMILES string of the molecule is O=C(c1ccco1)c1ccc[se]1. The number of carbonyl (C=O) groups excluding carboxylic acids is 1. The topological polar surface area (TPSA) is 30.2 Å². The number of hydrogen-bond acceptors (Lipinski definition) is 2. The van der Waals surface area contributed by atoms with Gasteiger partial charge in [-0.05, 0) is 0 Å². The van der Waals surface area contributed by atoms with Gasteiger partial charge in [-0.3, -0.25) is 0 Å². The molecule has 0 aliphatic carbocycles. The molecule has 3 heteroatoms. The predicted molar refractivity (Wildman–Crippen MR) is 45.5 cm³/mol. The molecule has 60 valence electrons. The summed E-state index contributed by atoms with van der Waals surface area (Å²) in [6.07, 6.45) is 1.52. The van der Waals surface area contributed by atoms with E-state index >= 15 is 0 Å². The van der Waals surface area contributed by atoms with Crippen molar-refractivity contribution in [2.45, 2.75) is 0 Å². The van der Waals surface area contributed by atoms with E-state index in [9.17, 15) is 4.79 Å². The first-order valence-corrected chi connectivity index (χ1v) is 5.34. The van der Waals surface area contributed by atoms with E-state index < -0.39 is 0 Å². The summed E-state index contributed by atoms with van der Waals surface area (Å²) in [7, 11) is 0. The molecule has 0 saturated heterocycles. The van der Waals surface area contributed by atoms with Crippen molar-refractivity contribution in [1.29, 1.82) is 0 Å². The zero-order valence-electron chi connectivity index (χ0n) is 6.19. The Kier molecular flexibility index (Phi) is 1.98. The molecule has 0 aromatic carbocycles. The third-order valence-corrected chi connectivity index (χ3v) is 3.31. The van der Waals surface area contributed by atoms with Crippen molar-refractivity contribution in [3.8, 4) is 0 Å². The molecule has 2 nitrogen and oxygen atoms in total. The minimum atomic E-state index is 0.0185. The van der Waals surface area contributed by atoms with Crippen LogP contribution in [0.25, 0.3) is 0 Å². The van der Waals surface area contributed by atoms with Gasteiger partial charge in [-0.1, -0.05) is 0 Å². The van der Waals surface area contributed by atoms with Crippen molar-refractivity contribution >= 4 is 20.3 Å². The molecular weight excluding hydrogens is 219 g/mol. The quantitative estimate of drug-likeness (QED) is 0.573. The van der Waals surface area contributed by atoms with Gasteiger partial charge in [-0.15, -0.1) is 0 Å². The summed E-state index contributed by atoms with van der Waals surface area (Å²) < 4.78 is 5.86. The molecule has 2 aromatic rings. The van der Waals surface area contributed by atoms with Gasteiger partial charge in [0.25, 0.3) is 0 Å². The second kappa shape index (κ2) is 3.13. The van der Waals surface area contributed by atoms with Crippen LogP contribution < -0.4 is 0 Å². The molecule has 12 heavy (non-hydrogen) atoms. The Labute approximate surface area is 75.6 Å². The van der Waals surface area contributed by atoms with Gasteiger partial charge < -0.3 is 0 Å². The van der Waals surface area contributed by atoms with Gasteiger partial charge in [-0.2, -0.15) is 0 Å². The van der Waals surface area contributed by atoms with Gasteiger partial charge in [0.15, 0.2) is 0 Å². The van der Waals surface area contributed by atoms with E-state index in [0.29, 0.717) is 5.76 Å². The van der Waals surface area contributed by atoms with Crippen molar-refractivity contribution in [3.05, 3.63) is 45.7 Å². The fraction of sp³-hybridized carbons (Fsp3) is 0. The van der Waals surface area contributed by atoms with Gasteiger partial charge >= 0.3 is 75.2 Å². The van der Waals surface area contributed by atoms with Crippen LogP contribution in [0.4, 0.5) is 0 Å². The first-order valence-electron chi connectivity index (χ1n) is 3.49. The minimum absolute atomic E-state index is 0.0185. The zero-order chi connectivity index (χ0) is 8.39. The van der Waals surface area contributed by atoms with Gasteiger partial charge in [0, 0.05) is 0 Å². The Bertz CT molecular complexity index is 323. The molecular formula is C9H6O2Se. The van der Waals surface area contributed by atoms with Crippen molar-refractivity contribution in [2.75, 3.05) is 0 Å². The number of furan rings is 1.